The lowest BCUT2D eigenvalue weighted by molar-refractivity contribution is -0.118. The Morgan fingerprint density at radius 2 is 2.24 bits per heavy atom. The third-order valence-corrected chi connectivity index (χ3v) is 2.87. The third kappa shape index (κ3) is 2.30. The first-order valence-electron chi connectivity index (χ1n) is 5.60. The van der Waals surface area contributed by atoms with Crippen LogP contribution >= 0.6 is 0 Å². The number of para-hydroxylation sites is 1. The molecule has 0 unspecified atom stereocenters. The van der Waals surface area contributed by atoms with Crippen LogP contribution in [0.1, 0.15) is 29.3 Å². The first-order chi connectivity index (χ1) is 8.11. The molecule has 1 heterocycles. The summed E-state index contributed by atoms with van der Waals surface area (Å²) < 4.78 is 4.74. The summed E-state index contributed by atoms with van der Waals surface area (Å²) in [6.07, 6.45) is 0.854. The zero-order valence-corrected chi connectivity index (χ0v) is 9.95. The minimum atomic E-state index is -0.379. The molecule has 0 saturated carbocycles. The van der Waals surface area contributed by atoms with Gasteiger partial charge in [-0.25, -0.2) is 4.79 Å². The van der Waals surface area contributed by atoms with Crippen molar-refractivity contribution in [3.05, 3.63) is 29.3 Å². The average Bonchev–Trinajstić information content (AvgIpc) is 2.43. The lowest BCUT2D eigenvalue weighted by Gasteiger charge is -2.15. The Balaban J connectivity index is 2.49. The number of ketones is 1. The van der Waals surface area contributed by atoms with Gasteiger partial charge in [0.25, 0.3) is 0 Å². The van der Waals surface area contributed by atoms with Gasteiger partial charge >= 0.3 is 5.97 Å². The number of ether oxygens (including phenoxy) is 1. The predicted molar refractivity (Wildman–Crippen MR) is 64.2 cm³/mol. The summed E-state index contributed by atoms with van der Waals surface area (Å²) in [5.74, 6) is -0.193. The van der Waals surface area contributed by atoms with Crippen molar-refractivity contribution in [2.24, 2.45) is 0 Å². The smallest absolute Gasteiger partial charge is 0.339 e. The molecule has 0 aromatic heterocycles. The number of hydrogen-bond acceptors (Lipinski definition) is 4. The topological polar surface area (TPSA) is 55.4 Å². The van der Waals surface area contributed by atoms with Gasteiger partial charge in [-0.3, -0.25) is 4.79 Å². The van der Waals surface area contributed by atoms with Crippen molar-refractivity contribution in [1.29, 1.82) is 0 Å². The molecule has 0 radical (unpaired) electrons. The number of rotatable bonds is 1. The lowest BCUT2D eigenvalue weighted by Crippen LogP contribution is -2.18. The van der Waals surface area contributed by atoms with Crippen LogP contribution < -0.4 is 5.32 Å². The molecule has 4 nitrogen and oxygen atoms in total. The van der Waals surface area contributed by atoms with Crippen LogP contribution in [0.5, 0.6) is 0 Å². The Morgan fingerprint density at radius 1 is 1.47 bits per heavy atom. The normalized spacial score (nSPS) is 18.9. The molecule has 1 aromatic rings. The van der Waals surface area contributed by atoms with E-state index in [4.69, 9.17) is 4.74 Å². The molecular weight excluding hydrogens is 218 g/mol. The first kappa shape index (κ1) is 11.6. The number of hydrogen-bond donors (Lipinski definition) is 1. The predicted octanol–water partition coefficient (Wildman–Crippen LogP) is 1.79. The van der Waals surface area contributed by atoms with E-state index in [9.17, 15) is 9.59 Å². The van der Waals surface area contributed by atoms with Gasteiger partial charge in [0, 0.05) is 18.9 Å². The molecule has 17 heavy (non-hydrogen) atoms. The van der Waals surface area contributed by atoms with E-state index in [-0.39, 0.29) is 17.8 Å². The van der Waals surface area contributed by atoms with Crippen molar-refractivity contribution in [3.8, 4) is 0 Å². The fraction of sp³-hybridized carbons (Fsp3) is 0.385. The minimum absolute atomic E-state index is 0.0366. The largest absolute Gasteiger partial charge is 0.465 e. The number of nitrogens with one attached hydrogen (secondary N) is 1. The maximum Gasteiger partial charge on any atom is 0.339 e. The van der Waals surface area contributed by atoms with E-state index in [0.717, 1.165) is 11.3 Å². The SMILES string of the molecule is COC(=O)c1cccc2c1N[C@H](C)CC(=O)C2. The highest BCUT2D eigenvalue weighted by Gasteiger charge is 2.22. The number of fused-ring (bicyclic) bond motifs is 1. The zero-order chi connectivity index (χ0) is 12.4. The van der Waals surface area contributed by atoms with E-state index in [1.54, 1.807) is 12.1 Å². The second kappa shape index (κ2) is 4.57. The van der Waals surface area contributed by atoms with Crippen molar-refractivity contribution < 1.29 is 14.3 Å². The van der Waals surface area contributed by atoms with E-state index in [1.807, 2.05) is 13.0 Å². The molecule has 0 saturated heterocycles. The van der Waals surface area contributed by atoms with Gasteiger partial charge in [0.1, 0.15) is 5.78 Å². The van der Waals surface area contributed by atoms with Crippen LogP contribution in [0, 0.1) is 0 Å². The molecule has 0 bridgehead atoms. The van der Waals surface area contributed by atoms with E-state index < -0.39 is 0 Å². The van der Waals surface area contributed by atoms with Crippen molar-refractivity contribution >= 4 is 17.4 Å². The molecule has 2 rings (SSSR count). The number of carbonyl (C=O) groups excluding carboxylic acids is 2. The molecule has 1 aromatic carbocycles. The molecule has 1 atom stereocenters. The van der Waals surface area contributed by atoms with Crippen LogP contribution in [0.2, 0.25) is 0 Å². The molecule has 0 amide bonds. The highest BCUT2D eigenvalue weighted by atomic mass is 16.5. The van der Waals surface area contributed by atoms with Crippen LogP contribution in [0.15, 0.2) is 18.2 Å². The highest BCUT2D eigenvalue weighted by Crippen LogP contribution is 2.27. The van der Waals surface area contributed by atoms with Gasteiger partial charge in [-0.2, -0.15) is 0 Å². The molecule has 1 aliphatic heterocycles. The Kier molecular flexibility index (Phi) is 3.13. The molecule has 1 aliphatic rings. The number of benzene rings is 1. The third-order valence-electron chi connectivity index (χ3n) is 2.87. The van der Waals surface area contributed by atoms with Gasteiger partial charge < -0.3 is 10.1 Å². The van der Waals surface area contributed by atoms with Crippen LogP contribution in [0.4, 0.5) is 5.69 Å². The van der Waals surface area contributed by atoms with E-state index in [0.29, 0.717) is 18.4 Å². The zero-order valence-electron chi connectivity index (χ0n) is 9.95. The first-order valence-corrected chi connectivity index (χ1v) is 5.60. The summed E-state index contributed by atoms with van der Waals surface area (Å²) in [4.78, 5) is 23.3. The quantitative estimate of drug-likeness (QED) is 0.751. The average molecular weight is 233 g/mol. The molecule has 0 fully saturated rings. The Bertz CT molecular complexity index is 468. The van der Waals surface area contributed by atoms with Gasteiger partial charge in [0.2, 0.25) is 0 Å². The second-order valence-electron chi connectivity index (χ2n) is 4.30. The minimum Gasteiger partial charge on any atom is -0.465 e. The summed E-state index contributed by atoms with van der Waals surface area (Å²) >= 11 is 0. The summed E-state index contributed by atoms with van der Waals surface area (Å²) in [7, 11) is 1.35. The molecule has 90 valence electrons. The van der Waals surface area contributed by atoms with Gasteiger partial charge in [-0.15, -0.1) is 0 Å². The number of carbonyl (C=O) groups is 2. The summed E-state index contributed by atoms with van der Waals surface area (Å²) in [6.45, 7) is 1.93. The summed E-state index contributed by atoms with van der Waals surface area (Å²) in [6, 6.07) is 5.38. The van der Waals surface area contributed by atoms with Gasteiger partial charge in [-0.1, -0.05) is 12.1 Å². The van der Waals surface area contributed by atoms with Gasteiger partial charge in [0.05, 0.1) is 18.4 Å². The van der Waals surface area contributed by atoms with Crippen LogP contribution in [0.25, 0.3) is 0 Å². The fourth-order valence-electron chi connectivity index (χ4n) is 2.12. The number of methoxy groups -OCH3 is 1. The number of anilines is 1. The Labute approximate surface area is 100.0 Å². The van der Waals surface area contributed by atoms with Crippen LogP contribution in [0.3, 0.4) is 0 Å². The number of esters is 1. The summed E-state index contributed by atoms with van der Waals surface area (Å²) in [5, 5.41) is 3.21. The van der Waals surface area contributed by atoms with Crippen LogP contribution in [-0.4, -0.2) is 24.9 Å². The highest BCUT2D eigenvalue weighted by molar-refractivity contribution is 5.98. The van der Waals surface area contributed by atoms with Crippen molar-refractivity contribution in [2.45, 2.75) is 25.8 Å². The maximum atomic E-state index is 11.7. The van der Waals surface area contributed by atoms with Crippen molar-refractivity contribution in [1.82, 2.24) is 0 Å². The van der Waals surface area contributed by atoms with E-state index in [1.165, 1.54) is 7.11 Å². The lowest BCUT2D eigenvalue weighted by atomic mass is 10.0. The van der Waals surface area contributed by atoms with Crippen molar-refractivity contribution in [2.75, 3.05) is 12.4 Å². The molecule has 1 N–H and O–H groups in total. The monoisotopic (exact) mass is 233 g/mol. The van der Waals surface area contributed by atoms with Crippen LogP contribution in [-0.2, 0) is 16.0 Å². The number of Topliss-reactive ketones (excluding diaryl/α,β-unsaturated/α-hetero) is 1. The van der Waals surface area contributed by atoms with E-state index in [2.05, 4.69) is 5.32 Å². The Hall–Kier alpha value is -1.84. The maximum absolute atomic E-state index is 11.7. The standard InChI is InChI=1S/C13H15NO3/c1-8-6-10(15)7-9-4-3-5-11(12(9)14-8)13(16)17-2/h3-5,8,14H,6-7H2,1-2H3/t8-/m1/s1. The molecule has 4 heteroatoms. The second-order valence-corrected chi connectivity index (χ2v) is 4.30. The summed E-state index contributed by atoms with van der Waals surface area (Å²) in [5.41, 5.74) is 2.09. The van der Waals surface area contributed by atoms with Gasteiger partial charge in [0.15, 0.2) is 0 Å². The molecule has 0 aliphatic carbocycles. The van der Waals surface area contributed by atoms with E-state index >= 15 is 0 Å². The Morgan fingerprint density at radius 3 is 2.94 bits per heavy atom. The van der Waals surface area contributed by atoms with Gasteiger partial charge in [-0.05, 0) is 18.6 Å². The molecule has 0 spiro atoms. The molecular formula is C13H15NO3. The van der Waals surface area contributed by atoms with Crippen molar-refractivity contribution in [3.63, 3.8) is 0 Å². The fourth-order valence-corrected chi connectivity index (χ4v) is 2.12.